The van der Waals surface area contributed by atoms with E-state index in [1.165, 1.54) is 51.4 Å². The van der Waals surface area contributed by atoms with Gasteiger partial charge in [-0.25, -0.2) is 4.57 Å². The number of carbonyl (C=O) groups excluding carboxylic acids is 2. The highest BCUT2D eigenvalue weighted by Gasteiger charge is 2.25. The molecule has 0 radical (unpaired) electrons. The third-order valence-electron chi connectivity index (χ3n) is 8.35. The second-order valence-corrected chi connectivity index (χ2v) is 15.3. The number of carbonyl (C=O) groups is 2. The van der Waals surface area contributed by atoms with Gasteiger partial charge in [0.25, 0.3) is 0 Å². The molecule has 0 aliphatic heterocycles. The number of phosphoric ester groups is 1. The van der Waals surface area contributed by atoms with Gasteiger partial charge in [0.15, 0.2) is 6.10 Å². The van der Waals surface area contributed by atoms with Gasteiger partial charge in [0.05, 0.1) is 13.2 Å². The number of hydrogen-bond donors (Lipinski definition) is 2. The van der Waals surface area contributed by atoms with E-state index in [2.05, 4.69) is 111 Å². The van der Waals surface area contributed by atoms with E-state index in [1.54, 1.807) is 0 Å². The van der Waals surface area contributed by atoms with Crippen molar-refractivity contribution in [3.05, 3.63) is 122 Å². The molecular weight excluding hydrogens is 762 g/mol. The molecule has 0 amide bonds. The summed E-state index contributed by atoms with van der Waals surface area (Å²) < 4.78 is 32.6. The number of hydrogen-bond acceptors (Lipinski definition) is 8. The summed E-state index contributed by atoms with van der Waals surface area (Å²) in [5, 5.41) is 0. The van der Waals surface area contributed by atoms with Gasteiger partial charge in [-0.15, -0.1) is 0 Å². The van der Waals surface area contributed by atoms with Gasteiger partial charge in [-0.2, -0.15) is 0 Å². The highest BCUT2D eigenvalue weighted by Crippen LogP contribution is 2.43. The van der Waals surface area contributed by atoms with Crippen LogP contribution in [0.3, 0.4) is 0 Å². The van der Waals surface area contributed by atoms with E-state index >= 15 is 0 Å². The molecule has 0 spiro atoms. The number of nitrogens with two attached hydrogens (primary N) is 1. The fourth-order valence-corrected chi connectivity index (χ4v) is 5.83. The van der Waals surface area contributed by atoms with Crippen LogP contribution in [0.1, 0.15) is 142 Å². The Bertz CT molecular complexity index is 1370. The molecule has 0 aliphatic rings. The molecule has 0 fully saturated rings. The molecule has 0 aromatic heterocycles. The van der Waals surface area contributed by atoms with Gasteiger partial charge < -0.3 is 20.1 Å². The first-order valence-electron chi connectivity index (χ1n) is 22.0. The zero-order valence-electron chi connectivity index (χ0n) is 36.4. The van der Waals surface area contributed by atoms with Gasteiger partial charge in [-0.3, -0.25) is 18.6 Å². The third kappa shape index (κ3) is 43.8. The summed E-state index contributed by atoms with van der Waals surface area (Å²) >= 11 is 0. The Labute approximate surface area is 358 Å². The standard InChI is InChI=1S/C49H78NO8P/c1-3-5-7-9-11-13-15-17-19-21-23-25-27-29-31-33-35-37-39-41-48(51)55-45-47(46-57-59(53,54)56-44-43-50)58-49(52)42-40-38-36-34-32-30-28-26-24-22-20-18-16-14-12-10-8-6-4-2/h11-14,17-20,23-26,29-32,35-38,47H,3-10,15-16,21-22,27-28,33-34,39-46,50H2,1-2H3,(H,53,54)/b13-11+,14-12+,19-17+,20-18+,25-23+,26-24+,31-29+,32-30+,37-35+,38-36+/t47-/m1/s1. The smallest absolute Gasteiger partial charge is 0.462 e. The predicted molar refractivity (Wildman–Crippen MR) is 247 cm³/mol. The Morgan fingerprint density at radius 3 is 1.24 bits per heavy atom. The number of rotatable bonds is 39. The van der Waals surface area contributed by atoms with Crippen molar-refractivity contribution in [2.24, 2.45) is 5.73 Å². The van der Waals surface area contributed by atoms with E-state index in [0.29, 0.717) is 12.8 Å². The fourth-order valence-electron chi connectivity index (χ4n) is 5.07. The van der Waals surface area contributed by atoms with Crippen LogP contribution >= 0.6 is 7.82 Å². The van der Waals surface area contributed by atoms with Crippen molar-refractivity contribution in [3.8, 4) is 0 Å². The van der Waals surface area contributed by atoms with Crippen molar-refractivity contribution in [1.29, 1.82) is 0 Å². The topological polar surface area (TPSA) is 134 Å². The lowest BCUT2D eigenvalue weighted by Crippen LogP contribution is -2.29. The third-order valence-corrected chi connectivity index (χ3v) is 9.33. The van der Waals surface area contributed by atoms with Crippen LogP contribution in [0, 0.1) is 0 Å². The summed E-state index contributed by atoms with van der Waals surface area (Å²) in [6.45, 7) is 3.47. The minimum Gasteiger partial charge on any atom is -0.462 e. The van der Waals surface area contributed by atoms with Crippen LogP contribution in [-0.2, 0) is 32.7 Å². The highest BCUT2D eigenvalue weighted by atomic mass is 31.2. The summed E-state index contributed by atoms with van der Waals surface area (Å²) in [6.07, 6.45) is 59.7. The van der Waals surface area contributed by atoms with Crippen LogP contribution in [-0.4, -0.2) is 49.3 Å². The van der Waals surface area contributed by atoms with Crippen LogP contribution in [0.4, 0.5) is 0 Å². The maximum Gasteiger partial charge on any atom is 0.472 e. The number of ether oxygens (including phenoxy) is 2. The number of phosphoric acid groups is 1. The Hall–Kier alpha value is -3.59. The first kappa shape index (κ1) is 55.4. The van der Waals surface area contributed by atoms with Crippen molar-refractivity contribution in [1.82, 2.24) is 0 Å². The second-order valence-electron chi connectivity index (χ2n) is 13.8. The zero-order valence-corrected chi connectivity index (χ0v) is 37.3. The lowest BCUT2D eigenvalue weighted by molar-refractivity contribution is -0.161. The Kier molecular flexibility index (Phi) is 41.3. The average molecular weight is 840 g/mol. The quantitative estimate of drug-likeness (QED) is 0.0268. The molecule has 2 atom stereocenters. The monoisotopic (exact) mass is 840 g/mol. The molecule has 0 aromatic rings. The highest BCUT2D eigenvalue weighted by molar-refractivity contribution is 7.47. The van der Waals surface area contributed by atoms with Gasteiger partial charge in [0, 0.05) is 19.4 Å². The van der Waals surface area contributed by atoms with E-state index in [4.69, 9.17) is 24.3 Å². The van der Waals surface area contributed by atoms with Crippen molar-refractivity contribution >= 4 is 19.8 Å². The van der Waals surface area contributed by atoms with Crippen molar-refractivity contribution in [3.63, 3.8) is 0 Å². The van der Waals surface area contributed by atoms with E-state index in [-0.39, 0.29) is 32.6 Å². The van der Waals surface area contributed by atoms with Crippen LogP contribution in [0.25, 0.3) is 0 Å². The van der Waals surface area contributed by atoms with Gasteiger partial charge >= 0.3 is 19.8 Å². The lowest BCUT2D eigenvalue weighted by Gasteiger charge is -2.19. The number of unbranched alkanes of at least 4 members (excludes halogenated alkanes) is 6. The molecule has 0 aromatic carbocycles. The van der Waals surface area contributed by atoms with E-state index in [1.807, 2.05) is 24.3 Å². The minimum atomic E-state index is -4.42. The average Bonchev–Trinajstić information content (AvgIpc) is 3.22. The van der Waals surface area contributed by atoms with Crippen LogP contribution in [0.2, 0.25) is 0 Å². The molecule has 0 saturated carbocycles. The largest absolute Gasteiger partial charge is 0.472 e. The van der Waals surface area contributed by atoms with Crippen molar-refractivity contribution in [2.45, 2.75) is 148 Å². The summed E-state index contributed by atoms with van der Waals surface area (Å²) in [5.41, 5.74) is 5.34. The van der Waals surface area contributed by atoms with Crippen molar-refractivity contribution < 1.29 is 37.6 Å². The number of allylic oxidation sites excluding steroid dienone is 20. The summed E-state index contributed by atoms with van der Waals surface area (Å²) in [4.78, 5) is 34.8. The molecule has 3 N–H and O–H groups in total. The normalized spacial score (nSPS) is 14.4. The fraction of sp³-hybridized carbons (Fsp3) is 0.551. The Morgan fingerprint density at radius 1 is 0.508 bits per heavy atom. The first-order chi connectivity index (χ1) is 28.8. The Morgan fingerprint density at radius 2 is 0.864 bits per heavy atom. The molecule has 0 heterocycles. The minimum absolute atomic E-state index is 0.0257. The van der Waals surface area contributed by atoms with E-state index in [0.717, 1.165) is 51.4 Å². The van der Waals surface area contributed by atoms with E-state index < -0.39 is 32.5 Å². The zero-order chi connectivity index (χ0) is 43.2. The Balaban J connectivity index is 4.43. The lowest BCUT2D eigenvalue weighted by atomic mass is 10.2. The SMILES string of the molecule is CCCCC/C=C/C/C=C/C/C=C/C/C=C/C/C=C/CCC(=O)OC[C@H](COP(=O)(O)OCCN)OC(=O)CC/C=C/C/C=C/C/C=C/C/C=C/C/C=C/CCCCC. The molecule has 10 heteroatoms. The van der Waals surface area contributed by atoms with Crippen LogP contribution in [0.15, 0.2) is 122 Å². The number of esters is 2. The molecule has 59 heavy (non-hydrogen) atoms. The maximum absolute atomic E-state index is 12.6. The van der Waals surface area contributed by atoms with Gasteiger partial charge in [0.1, 0.15) is 6.61 Å². The van der Waals surface area contributed by atoms with Gasteiger partial charge in [-0.05, 0) is 89.9 Å². The van der Waals surface area contributed by atoms with Gasteiger partial charge in [0.2, 0.25) is 0 Å². The molecule has 1 unspecified atom stereocenters. The first-order valence-corrected chi connectivity index (χ1v) is 23.5. The van der Waals surface area contributed by atoms with Crippen LogP contribution in [0.5, 0.6) is 0 Å². The molecule has 332 valence electrons. The summed E-state index contributed by atoms with van der Waals surface area (Å²) in [5.74, 6) is -1.03. The van der Waals surface area contributed by atoms with E-state index in [9.17, 15) is 19.0 Å². The maximum atomic E-state index is 12.6. The molecule has 0 aliphatic carbocycles. The molecule has 0 saturated heterocycles. The molecule has 0 bridgehead atoms. The predicted octanol–water partition coefficient (Wildman–Crippen LogP) is 12.9. The summed E-state index contributed by atoms with van der Waals surface area (Å²) in [6, 6.07) is 0. The second kappa shape index (κ2) is 44.0. The van der Waals surface area contributed by atoms with Gasteiger partial charge in [-0.1, -0.05) is 161 Å². The summed E-state index contributed by atoms with van der Waals surface area (Å²) in [7, 11) is -4.42. The molecular formula is C49H78NO8P. The molecule has 9 nitrogen and oxygen atoms in total. The van der Waals surface area contributed by atoms with Crippen LogP contribution < -0.4 is 5.73 Å². The van der Waals surface area contributed by atoms with Crippen molar-refractivity contribution in [2.75, 3.05) is 26.4 Å². The molecule has 0 rings (SSSR count).